The summed E-state index contributed by atoms with van der Waals surface area (Å²) in [5.41, 5.74) is 0. The van der Waals surface area contributed by atoms with Gasteiger partial charge in [0, 0.05) is 0 Å². The highest BCUT2D eigenvalue weighted by Crippen LogP contribution is 1.69. The van der Waals surface area contributed by atoms with Gasteiger partial charge < -0.3 is 9.64 Å². The van der Waals surface area contributed by atoms with Crippen molar-refractivity contribution in [2.24, 2.45) is 0 Å². The Bertz CT molecular complexity index is 83.1. The zero-order chi connectivity index (χ0) is 8.57. The first-order valence-electron chi connectivity index (χ1n) is 3.25. The van der Waals surface area contributed by atoms with E-state index in [0.29, 0.717) is 6.61 Å². The summed E-state index contributed by atoms with van der Waals surface area (Å²) in [4.78, 5) is 11.8. The van der Waals surface area contributed by atoms with Crippen LogP contribution in [-0.2, 0) is 4.74 Å². The van der Waals surface area contributed by atoms with Crippen molar-refractivity contribution in [3.63, 3.8) is 0 Å². The van der Waals surface area contributed by atoms with E-state index < -0.39 is 0 Å². The molecule has 10 heavy (non-hydrogen) atoms. The van der Waals surface area contributed by atoms with E-state index >= 15 is 0 Å². The Kier molecular flexibility index (Phi) is 10.4. The average molecular weight is 145 g/mol. The first kappa shape index (κ1) is 12.2. The molecule has 3 nitrogen and oxygen atoms in total. The van der Waals surface area contributed by atoms with Crippen LogP contribution in [-0.4, -0.2) is 46.4 Å². The van der Waals surface area contributed by atoms with Crippen molar-refractivity contribution in [1.29, 1.82) is 0 Å². The number of hydrogen-bond acceptors (Lipinski definition) is 3. The molecule has 60 valence electrons. The second kappa shape index (κ2) is 8.49. The van der Waals surface area contributed by atoms with Crippen molar-refractivity contribution in [3.05, 3.63) is 0 Å². The molecule has 0 heterocycles. The summed E-state index contributed by atoms with van der Waals surface area (Å²) in [5.74, 6) is -0.211. The lowest BCUT2D eigenvalue weighted by Gasteiger charge is -1.90. The second-order valence-electron chi connectivity index (χ2n) is 2.27. The minimum absolute atomic E-state index is 0.211. The summed E-state index contributed by atoms with van der Waals surface area (Å²) in [7, 11) is 7.39. The summed E-state index contributed by atoms with van der Waals surface area (Å²) in [6.45, 7) is 2.26. The van der Waals surface area contributed by atoms with E-state index in [9.17, 15) is 4.79 Å². The topological polar surface area (TPSA) is 29.5 Å². The molecule has 0 aromatic carbocycles. The largest absolute Gasteiger partial charge is 0.474 e. The predicted octanol–water partition coefficient (Wildman–Crippen LogP) is -0.0462. The van der Waals surface area contributed by atoms with E-state index in [1.165, 1.54) is 7.85 Å². The molecule has 4 heteroatoms. The highest BCUT2D eigenvalue weighted by molar-refractivity contribution is 6.55. The van der Waals surface area contributed by atoms with E-state index in [2.05, 4.69) is 4.74 Å². The van der Waals surface area contributed by atoms with Gasteiger partial charge in [-0.05, 0) is 28.1 Å². The first-order chi connectivity index (χ1) is 4.50. The molecule has 0 amide bonds. The number of carbonyl (C=O) groups is 1. The fourth-order valence-corrected chi connectivity index (χ4v) is 0.203. The van der Waals surface area contributed by atoms with Crippen LogP contribution in [0.25, 0.3) is 0 Å². The summed E-state index contributed by atoms with van der Waals surface area (Å²) in [6, 6.07) is 0. The quantitative estimate of drug-likeness (QED) is 0.484. The van der Waals surface area contributed by atoms with E-state index in [4.69, 9.17) is 0 Å². The van der Waals surface area contributed by atoms with Crippen molar-refractivity contribution >= 4 is 13.7 Å². The van der Waals surface area contributed by atoms with Crippen LogP contribution >= 0.6 is 0 Å². The van der Waals surface area contributed by atoms with E-state index in [1.807, 2.05) is 26.0 Å². The van der Waals surface area contributed by atoms with Crippen LogP contribution in [0, 0.1) is 0 Å². The number of nitrogens with zero attached hydrogens (tertiary/aromatic N) is 1. The Labute approximate surface area is 63.8 Å². The third-order valence-corrected chi connectivity index (χ3v) is 0.348. The maximum absolute atomic E-state index is 9.82. The molecule has 0 aromatic heterocycles. The van der Waals surface area contributed by atoms with Gasteiger partial charge in [0.05, 0.1) is 6.61 Å². The molecule has 0 atom stereocenters. The van der Waals surface area contributed by atoms with Gasteiger partial charge >= 0.3 is 0 Å². The third kappa shape index (κ3) is 50.8. The lowest BCUT2D eigenvalue weighted by atomic mass is 10.2. The number of rotatable bonds is 1. The summed E-state index contributed by atoms with van der Waals surface area (Å²) in [5, 5.41) is 0. The van der Waals surface area contributed by atoms with Gasteiger partial charge in [-0.2, -0.15) is 0 Å². The van der Waals surface area contributed by atoms with Crippen molar-refractivity contribution in [1.82, 2.24) is 4.90 Å². The molecule has 0 aliphatic rings. The summed E-state index contributed by atoms with van der Waals surface area (Å²) >= 11 is 0. The molecule has 0 spiro atoms. The molecule has 0 unspecified atom stereocenters. The summed E-state index contributed by atoms with van der Waals surface area (Å²) in [6.07, 6.45) is 0. The second-order valence-corrected chi connectivity index (χ2v) is 2.27. The molecular weight excluding hydrogens is 129 g/mol. The fraction of sp³-hybridized carbons (Fsp3) is 0.833. The molecule has 0 saturated carbocycles. The average Bonchev–Trinajstić information content (AvgIpc) is 1.62. The predicted molar refractivity (Wildman–Crippen MR) is 45.2 cm³/mol. The number of carbonyl (C=O) groups excluding carboxylic acids is 1. The van der Waals surface area contributed by atoms with Crippen LogP contribution in [0.2, 0.25) is 0 Å². The van der Waals surface area contributed by atoms with Crippen molar-refractivity contribution in [2.45, 2.75) is 6.92 Å². The van der Waals surface area contributed by atoms with Gasteiger partial charge in [-0.3, -0.25) is 4.79 Å². The number of hydrogen-bond donors (Lipinski definition) is 0. The molecule has 0 aromatic rings. The van der Waals surface area contributed by atoms with Gasteiger partial charge in [0.15, 0.2) is 0 Å². The Morgan fingerprint density at radius 1 is 1.50 bits per heavy atom. The molecule has 0 fully saturated rings. The minimum atomic E-state index is -0.211. The van der Waals surface area contributed by atoms with Crippen LogP contribution in [0.3, 0.4) is 0 Å². The van der Waals surface area contributed by atoms with Gasteiger partial charge in [0.2, 0.25) is 13.7 Å². The molecule has 0 saturated heterocycles. The number of ether oxygens (including phenoxy) is 1. The molecular formula is C6H16BNO2. The van der Waals surface area contributed by atoms with Crippen LogP contribution < -0.4 is 0 Å². The zero-order valence-corrected chi connectivity index (χ0v) is 7.47. The Balaban J connectivity index is 0. The Morgan fingerprint density at radius 3 is 1.80 bits per heavy atom. The van der Waals surface area contributed by atoms with Crippen molar-refractivity contribution in [3.8, 4) is 0 Å². The van der Waals surface area contributed by atoms with Crippen LogP contribution in [0.15, 0.2) is 0 Å². The first-order valence-corrected chi connectivity index (χ1v) is 3.25. The maximum Gasteiger partial charge on any atom is 0.243 e. The van der Waals surface area contributed by atoms with Crippen LogP contribution in [0.5, 0.6) is 0 Å². The van der Waals surface area contributed by atoms with Gasteiger partial charge in [-0.25, -0.2) is 0 Å². The van der Waals surface area contributed by atoms with E-state index in [0.717, 1.165) is 0 Å². The molecule has 0 rings (SSSR count). The van der Waals surface area contributed by atoms with Gasteiger partial charge in [0.1, 0.15) is 0 Å². The highest BCUT2D eigenvalue weighted by Gasteiger charge is 1.82. The van der Waals surface area contributed by atoms with Gasteiger partial charge in [-0.1, -0.05) is 0 Å². The normalized spacial score (nSPS) is 8.10. The molecule has 0 radical (unpaired) electrons. The van der Waals surface area contributed by atoms with Crippen LogP contribution in [0.4, 0.5) is 4.79 Å². The SMILES string of the molecule is BC(=O)OCC.CN(C)C. The summed E-state index contributed by atoms with van der Waals surface area (Å²) < 4.78 is 4.40. The maximum atomic E-state index is 9.82. The molecule has 0 bridgehead atoms. The van der Waals surface area contributed by atoms with Crippen molar-refractivity contribution < 1.29 is 9.53 Å². The third-order valence-electron chi connectivity index (χ3n) is 0.348. The molecule has 0 aliphatic carbocycles. The minimum Gasteiger partial charge on any atom is -0.474 e. The monoisotopic (exact) mass is 145 g/mol. The zero-order valence-electron chi connectivity index (χ0n) is 7.47. The standard InChI is InChI=1S/C3H7BO2.C3H9N/c1-2-6-3(4)5;1-4(2)3/h2,4H2,1H3;1-3H3. The van der Waals surface area contributed by atoms with Crippen molar-refractivity contribution in [2.75, 3.05) is 27.7 Å². The highest BCUT2D eigenvalue weighted by atomic mass is 16.5. The van der Waals surface area contributed by atoms with Crippen LogP contribution in [0.1, 0.15) is 6.92 Å². The van der Waals surface area contributed by atoms with E-state index in [1.54, 1.807) is 6.92 Å². The molecule has 0 N–H and O–H groups in total. The van der Waals surface area contributed by atoms with Gasteiger partial charge in [0.25, 0.3) is 0 Å². The van der Waals surface area contributed by atoms with E-state index in [-0.39, 0.29) is 5.87 Å². The smallest absolute Gasteiger partial charge is 0.243 e. The van der Waals surface area contributed by atoms with Gasteiger partial charge in [-0.15, -0.1) is 0 Å². The Hall–Kier alpha value is -0.505. The fourth-order valence-electron chi connectivity index (χ4n) is 0.203. The lowest BCUT2D eigenvalue weighted by molar-refractivity contribution is 0.179. The Morgan fingerprint density at radius 2 is 1.80 bits per heavy atom. The lowest BCUT2D eigenvalue weighted by Crippen LogP contribution is -1.99. The molecule has 0 aliphatic heterocycles.